The number of hydrogen-bond donors (Lipinski definition) is 0. The summed E-state index contributed by atoms with van der Waals surface area (Å²) in [5.74, 6) is 2.42. The minimum atomic E-state index is -1.34. The highest BCUT2D eigenvalue weighted by Crippen LogP contribution is 2.61. The monoisotopic (exact) mass is 788 g/mol. The predicted molar refractivity (Wildman–Crippen MR) is 209 cm³/mol. The predicted octanol–water partition coefficient (Wildman–Crippen LogP) is 5.50. The molecule has 4 aromatic carbocycles. The van der Waals surface area contributed by atoms with Gasteiger partial charge in [-0.3, -0.25) is 39.2 Å². The Morgan fingerprint density at radius 1 is 0.379 bits per heavy atom. The molecule has 7 heterocycles. The number of rotatable bonds is 4. The van der Waals surface area contributed by atoms with Crippen LogP contribution in [0.4, 0.5) is 19.2 Å². The van der Waals surface area contributed by atoms with Crippen molar-refractivity contribution in [3.8, 4) is 23.0 Å². The van der Waals surface area contributed by atoms with Crippen LogP contribution >= 0.6 is 0 Å². The molecule has 300 valence electrons. The van der Waals surface area contributed by atoms with Gasteiger partial charge >= 0.3 is 24.1 Å². The number of fused-ring (bicyclic) bond motifs is 4. The zero-order valence-corrected chi connectivity index (χ0v) is 33.7. The number of urea groups is 4. The standard InChI is InChI=1S/C42H44N8O8/c1-39-41(3)47-21-49-37(53)45-19-29-30(34(58-8)26-16-12-11-15-25(26)33(29)57-7)20-46-38(54)50(42(49,4)40(45,46)2)22-48(41)36(52)44(39)18-28-27(17-43(39)35(47)51)31(55-5)23-13-9-10-14-24(23)32(28)56-6/h9-16H,17-22H2,1-8H3. The summed E-state index contributed by atoms with van der Waals surface area (Å²) in [6.07, 6.45) is 0. The number of hydrogen-bond acceptors (Lipinski definition) is 8. The molecule has 58 heavy (non-hydrogen) atoms. The lowest BCUT2D eigenvalue weighted by Crippen LogP contribution is -2.73. The fraction of sp³-hybridized carbons (Fsp3) is 0.429. The van der Waals surface area contributed by atoms with E-state index in [9.17, 15) is 0 Å². The van der Waals surface area contributed by atoms with Gasteiger partial charge in [-0.1, -0.05) is 48.5 Å². The summed E-state index contributed by atoms with van der Waals surface area (Å²) >= 11 is 0. The van der Waals surface area contributed by atoms with Crippen LogP contribution in [-0.2, 0) is 26.2 Å². The quantitative estimate of drug-likeness (QED) is 0.265. The Kier molecular flexibility index (Phi) is 6.49. The van der Waals surface area contributed by atoms with Crippen molar-refractivity contribution in [2.75, 3.05) is 41.8 Å². The van der Waals surface area contributed by atoms with Crippen LogP contribution in [0.5, 0.6) is 23.0 Å². The lowest BCUT2D eigenvalue weighted by atomic mass is 9.92. The van der Waals surface area contributed by atoms with Crippen LogP contribution in [0.1, 0.15) is 49.9 Å². The average Bonchev–Trinajstić information content (AvgIpc) is 3.48. The minimum absolute atomic E-state index is 0.108. The Bertz CT molecular complexity index is 2280. The van der Waals surface area contributed by atoms with Gasteiger partial charge in [0.1, 0.15) is 36.3 Å². The van der Waals surface area contributed by atoms with Crippen molar-refractivity contribution in [1.29, 1.82) is 0 Å². The average molecular weight is 789 g/mol. The van der Waals surface area contributed by atoms with Gasteiger partial charge in [0, 0.05) is 43.8 Å². The van der Waals surface area contributed by atoms with E-state index in [1.807, 2.05) is 76.2 Å². The molecule has 7 aliphatic rings. The van der Waals surface area contributed by atoms with Crippen molar-refractivity contribution < 1.29 is 38.1 Å². The van der Waals surface area contributed by atoms with E-state index in [0.29, 0.717) is 23.0 Å². The van der Waals surface area contributed by atoms with Gasteiger partial charge in [-0.25, -0.2) is 19.2 Å². The molecule has 7 aliphatic heterocycles. The van der Waals surface area contributed by atoms with Gasteiger partial charge in [0.15, 0.2) is 22.7 Å². The Balaban J connectivity index is 1.10. The molecule has 5 fully saturated rings. The van der Waals surface area contributed by atoms with Crippen LogP contribution in [0.3, 0.4) is 0 Å². The van der Waals surface area contributed by atoms with Crippen LogP contribution in [-0.4, -0.2) is 128 Å². The molecule has 8 amide bonds. The first-order valence-corrected chi connectivity index (χ1v) is 19.4. The minimum Gasteiger partial charge on any atom is -0.496 e. The maximum absolute atomic E-state index is 15.3. The van der Waals surface area contributed by atoms with Gasteiger partial charge in [-0.15, -0.1) is 0 Å². The Morgan fingerprint density at radius 2 is 0.586 bits per heavy atom. The van der Waals surface area contributed by atoms with Gasteiger partial charge in [0.25, 0.3) is 0 Å². The Morgan fingerprint density at radius 3 is 0.793 bits per heavy atom. The van der Waals surface area contributed by atoms with Crippen molar-refractivity contribution >= 4 is 45.7 Å². The zero-order chi connectivity index (χ0) is 40.6. The topological polar surface area (TPSA) is 131 Å². The number of methoxy groups -OCH3 is 4. The molecule has 16 nitrogen and oxygen atoms in total. The third-order valence-electron chi connectivity index (χ3n) is 15.2. The summed E-state index contributed by atoms with van der Waals surface area (Å²) in [7, 11) is 6.43. The van der Waals surface area contributed by atoms with Crippen LogP contribution in [0, 0.1) is 0 Å². The van der Waals surface area contributed by atoms with Crippen molar-refractivity contribution in [3.05, 3.63) is 70.8 Å². The molecule has 0 bridgehead atoms. The van der Waals surface area contributed by atoms with Crippen molar-refractivity contribution in [1.82, 2.24) is 39.2 Å². The smallest absolute Gasteiger partial charge is 0.325 e. The van der Waals surface area contributed by atoms with Crippen LogP contribution < -0.4 is 18.9 Å². The number of nitrogens with zero attached hydrogens (tertiary/aromatic N) is 8. The second kappa shape index (κ2) is 10.8. The lowest BCUT2D eigenvalue weighted by molar-refractivity contribution is -0.125. The van der Waals surface area contributed by atoms with Crippen LogP contribution in [0.2, 0.25) is 0 Å². The van der Waals surface area contributed by atoms with Crippen molar-refractivity contribution in [2.45, 2.75) is 76.5 Å². The van der Waals surface area contributed by atoms with Gasteiger partial charge in [-0.05, 0) is 27.7 Å². The molecule has 0 unspecified atom stereocenters. The largest absolute Gasteiger partial charge is 0.496 e. The summed E-state index contributed by atoms with van der Waals surface area (Å²) < 4.78 is 24.3. The molecule has 0 radical (unpaired) electrons. The fourth-order valence-corrected chi connectivity index (χ4v) is 11.9. The second-order valence-electron chi connectivity index (χ2n) is 16.7. The number of carbonyl (C=O) groups is 4. The van der Waals surface area contributed by atoms with E-state index >= 15 is 19.2 Å². The summed E-state index contributed by atoms with van der Waals surface area (Å²) in [4.78, 5) is 74.6. The maximum atomic E-state index is 15.3. The molecule has 16 heteroatoms. The fourth-order valence-electron chi connectivity index (χ4n) is 11.9. The number of ether oxygens (including phenoxy) is 4. The van der Waals surface area contributed by atoms with E-state index in [-0.39, 0.29) is 63.6 Å². The molecule has 0 aromatic heterocycles. The zero-order valence-electron chi connectivity index (χ0n) is 33.7. The van der Waals surface area contributed by atoms with E-state index in [0.717, 1.165) is 43.8 Å². The first-order valence-electron chi connectivity index (χ1n) is 19.4. The second-order valence-corrected chi connectivity index (χ2v) is 16.7. The highest BCUT2D eigenvalue weighted by Gasteiger charge is 2.81. The van der Waals surface area contributed by atoms with E-state index in [1.54, 1.807) is 67.6 Å². The van der Waals surface area contributed by atoms with E-state index < -0.39 is 22.7 Å². The van der Waals surface area contributed by atoms with Gasteiger partial charge in [0.2, 0.25) is 0 Å². The summed E-state index contributed by atoms with van der Waals surface area (Å²) in [5, 5.41) is 3.31. The first kappa shape index (κ1) is 34.9. The Labute approximate surface area is 334 Å². The number of carbonyl (C=O) groups excluding carboxylic acids is 4. The molecule has 0 spiro atoms. The van der Waals surface area contributed by atoms with Crippen LogP contribution in [0.25, 0.3) is 21.5 Å². The molecule has 0 N–H and O–H groups in total. The highest BCUT2D eigenvalue weighted by molar-refractivity contribution is 5.99. The normalized spacial score (nSPS) is 29.1. The number of benzene rings is 4. The van der Waals surface area contributed by atoms with Gasteiger partial charge in [0.05, 0.1) is 54.6 Å². The van der Waals surface area contributed by atoms with Crippen molar-refractivity contribution in [3.63, 3.8) is 0 Å². The van der Waals surface area contributed by atoms with Crippen molar-refractivity contribution in [2.24, 2.45) is 0 Å². The molecule has 0 aliphatic carbocycles. The highest BCUT2D eigenvalue weighted by atomic mass is 16.5. The van der Waals surface area contributed by atoms with E-state index in [2.05, 4.69) is 0 Å². The first-order chi connectivity index (χ1) is 27.8. The van der Waals surface area contributed by atoms with Gasteiger partial charge < -0.3 is 18.9 Å². The summed E-state index contributed by atoms with van der Waals surface area (Å²) in [6, 6.07) is 14.1. The SMILES string of the molecule is COc1c2c(c(OC)c3ccccc13)CN1C(=O)N3CN4C(=O)N5Cc6c(c(OC)c7ccccc7c6OC)CN6C(=O)N(CN7C(=O)N(C2)C1(C)C73C)C4(C)C65C. The maximum Gasteiger partial charge on any atom is 0.325 e. The molecular formula is C42H44N8O8. The number of amides is 8. The molecule has 11 rings (SSSR count). The lowest BCUT2D eigenvalue weighted by Gasteiger charge is -2.52. The molecule has 4 aromatic rings. The molecule has 0 saturated carbocycles. The summed E-state index contributed by atoms with van der Waals surface area (Å²) in [6.45, 7) is 7.61. The molecule has 0 atom stereocenters. The van der Waals surface area contributed by atoms with Gasteiger partial charge in [-0.2, -0.15) is 0 Å². The third-order valence-corrected chi connectivity index (χ3v) is 15.2. The Hall–Kier alpha value is -6.32. The molecule has 5 saturated heterocycles. The summed E-state index contributed by atoms with van der Waals surface area (Å²) in [5.41, 5.74) is -2.21. The molecular weight excluding hydrogens is 745 g/mol. The van der Waals surface area contributed by atoms with E-state index in [1.165, 1.54) is 0 Å². The van der Waals surface area contributed by atoms with Crippen LogP contribution in [0.15, 0.2) is 48.5 Å². The third kappa shape index (κ3) is 3.41. The van der Waals surface area contributed by atoms with E-state index in [4.69, 9.17) is 18.9 Å².